The van der Waals surface area contributed by atoms with Crippen LogP contribution < -0.4 is 17.0 Å². The maximum absolute atomic E-state index is 12.6. The van der Waals surface area contributed by atoms with E-state index in [-0.39, 0.29) is 24.5 Å². The van der Waals surface area contributed by atoms with Gasteiger partial charge in [0.25, 0.3) is 5.56 Å². The fraction of sp³-hybridized carbons (Fsp3) is 0.333. The molecule has 0 fully saturated rings. The molecule has 1 unspecified atom stereocenters. The van der Waals surface area contributed by atoms with Gasteiger partial charge in [-0.25, -0.2) is 4.79 Å². The quantitative estimate of drug-likeness (QED) is 0.641. The van der Waals surface area contributed by atoms with Crippen LogP contribution in [0.3, 0.4) is 0 Å². The molecule has 0 radical (unpaired) electrons. The molecule has 0 aliphatic heterocycles. The van der Waals surface area contributed by atoms with Crippen molar-refractivity contribution in [3.05, 3.63) is 62.3 Å². The largest absolute Gasteiger partial charge is 0.480 e. The Kier molecular flexibility index (Phi) is 5.96. The molecule has 1 aromatic heterocycles. The minimum Gasteiger partial charge on any atom is -0.480 e. The van der Waals surface area contributed by atoms with E-state index in [1.165, 1.54) is 25.9 Å². The second kappa shape index (κ2) is 8.00. The van der Waals surface area contributed by atoms with Crippen LogP contribution in [0, 0.1) is 0 Å². The molecule has 0 spiro atoms. The molecule has 0 bridgehead atoms. The number of rotatable bonds is 7. The van der Waals surface area contributed by atoms with Crippen molar-refractivity contribution in [3.8, 4) is 0 Å². The minimum absolute atomic E-state index is 0.0985. The van der Waals surface area contributed by atoms with Crippen LogP contribution in [0.15, 0.2) is 39.9 Å². The fourth-order valence-corrected chi connectivity index (χ4v) is 2.60. The Balaban J connectivity index is 2.48. The van der Waals surface area contributed by atoms with Gasteiger partial charge in [0, 0.05) is 7.05 Å². The van der Waals surface area contributed by atoms with Gasteiger partial charge in [-0.3, -0.25) is 28.4 Å². The lowest BCUT2D eigenvalue weighted by Gasteiger charge is -2.21. The number of aromatic nitrogens is 2. The Hall–Kier alpha value is -3.20. The molecule has 144 valence electrons. The molecule has 0 amide bonds. The van der Waals surface area contributed by atoms with Crippen LogP contribution >= 0.6 is 0 Å². The molecule has 27 heavy (non-hydrogen) atoms. The third-order valence-electron chi connectivity index (χ3n) is 4.46. The molecular formula is C18H22N4O5. The molecule has 2 rings (SSSR count). The fourth-order valence-electron chi connectivity index (χ4n) is 2.60. The highest BCUT2D eigenvalue weighted by Gasteiger charge is 2.25. The van der Waals surface area contributed by atoms with Crippen molar-refractivity contribution in [1.29, 1.82) is 0 Å². The molecule has 3 N–H and O–H groups in total. The summed E-state index contributed by atoms with van der Waals surface area (Å²) in [5, 5.41) is 9.04. The van der Waals surface area contributed by atoms with E-state index in [1.807, 2.05) is 6.07 Å². The smallest absolute Gasteiger partial charge is 0.332 e. The lowest BCUT2D eigenvalue weighted by molar-refractivity contribution is -0.141. The maximum atomic E-state index is 12.6. The number of ketones is 1. The third kappa shape index (κ3) is 4.14. The van der Waals surface area contributed by atoms with Crippen LogP contribution in [0.5, 0.6) is 0 Å². The number of carbonyl (C=O) groups is 2. The van der Waals surface area contributed by atoms with E-state index in [1.54, 1.807) is 24.3 Å². The summed E-state index contributed by atoms with van der Waals surface area (Å²) in [5.41, 5.74) is 5.03. The van der Waals surface area contributed by atoms with Crippen molar-refractivity contribution in [2.75, 3.05) is 19.3 Å². The first kappa shape index (κ1) is 20.1. The number of nitrogens with two attached hydrogens (primary N) is 1. The second-order valence-corrected chi connectivity index (χ2v) is 6.33. The highest BCUT2D eigenvalue weighted by molar-refractivity contribution is 6.01. The molecule has 1 heterocycles. The molecule has 0 saturated heterocycles. The number of carbonyl (C=O) groups excluding carboxylic acids is 1. The lowest BCUT2D eigenvalue weighted by atomic mass is 10.1. The van der Waals surface area contributed by atoms with Crippen LogP contribution in [0.2, 0.25) is 0 Å². The van der Waals surface area contributed by atoms with Crippen molar-refractivity contribution < 1.29 is 14.7 Å². The molecule has 1 aromatic carbocycles. The molecule has 9 nitrogen and oxygen atoms in total. The summed E-state index contributed by atoms with van der Waals surface area (Å²) in [7, 11) is 2.73. The predicted molar refractivity (Wildman–Crippen MR) is 100.0 cm³/mol. The number of Topliss-reactive ketones (excluding diaryl/α,β-unsaturated/α-hetero) is 1. The predicted octanol–water partition coefficient (Wildman–Crippen LogP) is -0.235. The van der Waals surface area contributed by atoms with Gasteiger partial charge in [-0.2, -0.15) is 0 Å². The van der Waals surface area contributed by atoms with Crippen molar-refractivity contribution in [3.63, 3.8) is 0 Å². The van der Waals surface area contributed by atoms with Crippen LogP contribution in [-0.4, -0.2) is 50.5 Å². The molecular weight excluding hydrogens is 352 g/mol. The number of nitrogens with zero attached hydrogens (tertiary/aromatic N) is 3. The molecule has 0 saturated carbocycles. The van der Waals surface area contributed by atoms with Gasteiger partial charge in [-0.1, -0.05) is 30.3 Å². The van der Waals surface area contributed by atoms with Gasteiger partial charge in [-0.15, -0.1) is 0 Å². The van der Waals surface area contributed by atoms with Gasteiger partial charge >= 0.3 is 11.7 Å². The topological polar surface area (TPSA) is 128 Å². The first-order valence-electron chi connectivity index (χ1n) is 8.24. The summed E-state index contributed by atoms with van der Waals surface area (Å²) in [6.07, 6.45) is 0. The SMILES string of the molecule is CC(C(=O)O)N(C)CC(=O)c1c(N)n(Cc2ccccc2)c(=O)n(C)c1=O. The van der Waals surface area contributed by atoms with E-state index in [2.05, 4.69) is 0 Å². The number of likely N-dealkylation sites (N-methyl/N-ethyl adjacent to an activating group) is 1. The average Bonchev–Trinajstić information content (AvgIpc) is 2.63. The second-order valence-electron chi connectivity index (χ2n) is 6.33. The van der Waals surface area contributed by atoms with Gasteiger partial charge in [-0.05, 0) is 19.5 Å². The Morgan fingerprint density at radius 2 is 1.81 bits per heavy atom. The number of anilines is 1. The van der Waals surface area contributed by atoms with Crippen molar-refractivity contribution in [2.45, 2.75) is 19.5 Å². The number of nitrogen functional groups attached to an aromatic ring is 1. The maximum Gasteiger partial charge on any atom is 0.332 e. The lowest BCUT2D eigenvalue weighted by Crippen LogP contribution is -2.45. The first-order chi connectivity index (χ1) is 12.6. The number of carboxylic acids is 1. The molecule has 0 aliphatic carbocycles. The van der Waals surface area contributed by atoms with E-state index in [0.29, 0.717) is 0 Å². The van der Waals surface area contributed by atoms with E-state index >= 15 is 0 Å². The van der Waals surface area contributed by atoms with Crippen LogP contribution in [0.4, 0.5) is 5.82 Å². The monoisotopic (exact) mass is 374 g/mol. The summed E-state index contributed by atoms with van der Waals surface area (Å²) >= 11 is 0. The summed E-state index contributed by atoms with van der Waals surface area (Å²) in [5.74, 6) is -1.97. The highest BCUT2D eigenvalue weighted by atomic mass is 16.4. The zero-order valence-corrected chi connectivity index (χ0v) is 15.4. The van der Waals surface area contributed by atoms with Crippen LogP contribution in [0.1, 0.15) is 22.8 Å². The third-order valence-corrected chi connectivity index (χ3v) is 4.46. The molecule has 0 aliphatic rings. The molecule has 9 heteroatoms. The van der Waals surface area contributed by atoms with Gasteiger partial charge in [0.2, 0.25) is 0 Å². The summed E-state index contributed by atoms with van der Waals surface area (Å²) in [6, 6.07) is 8.08. The van der Waals surface area contributed by atoms with E-state index in [4.69, 9.17) is 10.8 Å². The zero-order valence-electron chi connectivity index (χ0n) is 15.4. The van der Waals surface area contributed by atoms with Gasteiger partial charge < -0.3 is 10.8 Å². The van der Waals surface area contributed by atoms with Gasteiger partial charge in [0.1, 0.15) is 17.4 Å². The number of hydrogen-bond donors (Lipinski definition) is 2. The Labute approximate surface area is 155 Å². The van der Waals surface area contributed by atoms with Crippen molar-refractivity contribution in [2.24, 2.45) is 7.05 Å². The summed E-state index contributed by atoms with van der Waals surface area (Å²) < 4.78 is 1.98. The number of carboxylic acid groups (broad SMARTS) is 1. The number of hydrogen-bond acceptors (Lipinski definition) is 6. The van der Waals surface area contributed by atoms with E-state index < -0.39 is 29.0 Å². The minimum atomic E-state index is -1.10. The highest BCUT2D eigenvalue weighted by Crippen LogP contribution is 2.10. The Morgan fingerprint density at radius 1 is 1.22 bits per heavy atom. The molecule has 1 atom stereocenters. The van der Waals surface area contributed by atoms with E-state index in [0.717, 1.165) is 14.7 Å². The Morgan fingerprint density at radius 3 is 2.37 bits per heavy atom. The summed E-state index contributed by atoms with van der Waals surface area (Å²) in [6.45, 7) is 1.20. The standard InChI is InChI=1S/C18H22N4O5/c1-11(17(25)26)20(2)10-13(23)14-15(19)22(18(27)21(3)16(14)24)9-12-7-5-4-6-8-12/h4-8,11H,9-10,19H2,1-3H3,(H,25,26). The Bertz CT molecular complexity index is 978. The van der Waals surface area contributed by atoms with Crippen LogP contribution in [0.25, 0.3) is 0 Å². The van der Waals surface area contributed by atoms with Crippen LogP contribution in [-0.2, 0) is 18.4 Å². The average molecular weight is 374 g/mol. The van der Waals surface area contributed by atoms with E-state index in [9.17, 15) is 19.2 Å². The zero-order chi connectivity index (χ0) is 20.3. The number of aliphatic carboxylic acids is 1. The van der Waals surface area contributed by atoms with Crippen molar-refractivity contribution in [1.82, 2.24) is 14.0 Å². The van der Waals surface area contributed by atoms with Gasteiger partial charge in [0.15, 0.2) is 5.78 Å². The van der Waals surface area contributed by atoms with Crippen molar-refractivity contribution >= 4 is 17.6 Å². The summed E-state index contributed by atoms with van der Waals surface area (Å²) in [4.78, 5) is 49.9. The first-order valence-corrected chi connectivity index (χ1v) is 8.24. The molecule has 2 aromatic rings. The number of benzene rings is 1. The normalized spacial score (nSPS) is 12.1. The van der Waals surface area contributed by atoms with Gasteiger partial charge in [0.05, 0.1) is 13.1 Å².